The number of phenols is 1. The summed E-state index contributed by atoms with van der Waals surface area (Å²) in [4.78, 5) is 0. The van der Waals surface area contributed by atoms with Crippen molar-refractivity contribution in [1.82, 2.24) is 5.32 Å². The number of phenolic OH excluding ortho intramolecular Hbond substituents is 1. The highest BCUT2D eigenvalue weighted by atomic mass is 35.5. The highest BCUT2D eigenvalue weighted by Crippen LogP contribution is 2.27. The van der Waals surface area contributed by atoms with Gasteiger partial charge < -0.3 is 15.5 Å². The average molecular weight is 270 g/mol. The van der Waals surface area contributed by atoms with E-state index in [1.165, 1.54) is 0 Å². The molecule has 3 N–H and O–H groups in total. The molecule has 4 heteroatoms. The van der Waals surface area contributed by atoms with Crippen molar-refractivity contribution >= 4 is 11.6 Å². The van der Waals surface area contributed by atoms with Crippen molar-refractivity contribution in [2.45, 2.75) is 38.3 Å². The van der Waals surface area contributed by atoms with Crippen molar-refractivity contribution < 1.29 is 10.2 Å². The second-order valence-corrected chi connectivity index (χ2v) is 5.46. The number of nitrogens with one attached hydrogen (secondary N) is 1. The molecule has 1 aromatic rings. The summed E-state index contributed by atoms with van der Waals surface area (Å²) in [5.41, 5.74) is 0.832. The van der Waals surface area contributed by atoms with Crippen LogP contribution in [0.25, 0.3) is 0 Å². The van der Waals surface area contributed by atoms with E-state index in [1.54, 1.807) is 6.07 Å². The van der Waals surface area contributed by atoms with Gasteiger partial charge in [-0.15, -0.1) is 0 Å². The Morgan fingerprint density at radius 2 is 1.94 bits per heavy atom. The van der Waals surface area contributed by atoms with E-state index in [0.717, 1.165) is 37.8 Å². The summed E-state index contributed by atoms with van der Waals surface area (Å²) < 4.78 is 0. The molecule has 0 aromatic heterocycles. The predicted molar refractivity (Wildman–Crippen MR) is 72.8 cm³/mol. The van der Waals surface area contributed by atoms with Gasteiger partial charge in [-0.05, 0) is 44.2 Å². The van der Waals surface area contributed by atoms with Gasteiger partial charge in [-0.3, -0.25) is 0 Å². The van der Waals surface area contributed by atoms with Gasteiger partial charge in [0.1, 0.15) is 5.75 Å². The van der Waals surface area contributed by atoms with E-state index in [-0.39, 0.29) is 11.9 Å². The van der Waals surface area contributed by atoms with Crippen molar-refractivity contribution in [2.24, 2.45) is 5.92 Å². The third-order valence-electron chi connectivity index (χ3n) is 3.64. The first-order chi connectivity index (χ1) is 8.66. The summed E-state index contributed by atoms with van der Waals surface area (Å²) in [7, 11) is 0. The van der Waals surface area contributed by atoms with Gasteiger partial charge in [0.25, 0.3) is 0 Å². The number of aliphatic hydroxyl groups is 1. The molecule has 0 aliphatic heterocycles. The fourth-order valence-corrected chi connectivity index (χ4v) is 2.66. The number of aliphatic hydroxyl groups excluding tert-OH is 1. The van der Waals surface area contributed by atoms with Crippen LogP contribution in [0.5, 0.6) is 5.75 Å². The number of benzene rings is 1. The van der Waals surface area contributed by atoms with Gasteiger partial charge in [0.2, 0.25) is 0 Å². The van der Waals surface area contributed by atoms with E-state index >= 15 is 0 Å². The molecule has 1 aromatic carbocycles. The fourth-order valence-electron chi connectivity index (χ4n) is 2.46. The molecule has 100 valence electrons. The molecule has 0 radical (unpaired) electrons. The maximum Gasteiger partial charge on any atom is 0.138 e. The van der Waals surface area contributed by atoms with Crippen LogP contribution in [0.15, 0.2) is 18.2 Å². The lowest BCUT2D eigenvalue weighted by Gasteiger charge is -2.25. The Balaban J connectivity index is 1.77. The Bertz CT molecular complexity index is 389. The van der Waals surface area contributed by atoms with Crippen LogP contribution in [0.1, 0.15) is 31.2 Å². The van der Waals surface area contributed by atoms with Crippen molar-refractivity contribution in [1.29, 1.82) is 0 Å². The molecule has 1 fully saturated rings. The van der Waals surface area contributed by atoms with Gasteiger partial charge in [-0.1, -0.05) is 23.7 Å². The number of hydrogen-bond donors (Lipinski definition) is 3. The lowest BCUT2D eigenvalue weighted by Crippen LogP contribution is -2.27. The summed E-state index contributed by atoms with van der Waals surface area (Å²) in [6, 6.07) is 5.40. The number of para-hydroxylation sites is 1. The molecule has 0 amide bonds. The van der Waals surface area contributed by atoms with E-state index < -0.39 is 0 Å². The van der Waals surface area contributed by atoms with Gasteiger partial charge >= 0.3 is 0 Å². The van der Waals surface area contributed by atoms with E-state index in [2.05, 4.69) is 5.32 Å². The normalized spacial score (nSPS) is 24.1. The first-order valence-electron chi connectivity index (χ1n) is 6.52. The number of halogens is 1. The molecular weight excluding hydrogens is 250 g/mol. The molecular formula is C14H20ClNO2. The second kappa shape index (κ2) is 6.41. The minimum atomic E-state index is -0.0989. The predicted octanol–water partition coefficient (Wildman–Crippen LogP) is 2.69. The quantitative estimate of drug-likeness (QED) is 0.788. The highest BCUT2D eigenvalue weighted by molar-refractivity contribution is 6.32. The average Bonchev–Trinajstić information content (AvgIpc) is 2.37. The summed E-state index contributed by atoms with van der Waals surface area (Å²) in [6.45, 7) is 1.56. The van der Waals surface area contributed by atoms with E-state index in [0.29, 0.717) is 17.5 Å². The van der Waals surface area contributed by atoms with Crippen LogP contribution in [0, 0.1) is 5.92 Å². The maximum absolute atomic E-state index is 9.76. The monoisotopic (exact) mass is 269 g/mol. The van der Waals surface area contributed by atoms with Gasteiger partial charge in [0.15, 0.2) is 0 Å². The molecule has 0 heterocycles. The molecule has 2 rings (SSSR count). The smallest absolute Gasteiger partial charge is 0.138 e. The van der Waals surface area contributed by atoms with Crippen molar-refractivity contribution in [3.8, 4) is 5.75 Å². The Labute approximate surface area is 113 Å². The van der Waals surface area contributed by atoms with Crippen LogP contribution in [-0.4, -0.2) is 22.9 Å². The molecule has 1 aliphatic rings. The van der Waals surface area contributed by atoms with Crippen LogP contribution in [0.3, 0.4) is 0 Å². The molecule has 0 bridgehead atoms. The topological polar surface area (TPSA) is 52.5 Å². The van der Waals surface area contributed by atoms with E-state index in [4.69, 9.17) is 11.6 Å². The summed E-state index contributed by atoms with van der Waals surface area (Å²) in [5.74, 6) is 0.806. The first-order valence-corrected chi connectivity index (χ1v) is 6.89. The molecule has 3 nitrogen and oxygen atoms in total. The van der Waals surface area contributed by atoms with Gasteiger partial charge in [-0.2, -0.15) is 0 Å². The number of aromatic hydroxyl groups is 1. The first kappa shape index (κ1) is 13.7. The van der Waals surface area contributed by atoms with E-state index in [1.807, 2.05) is 12.1 Å². The maximum atomic E-state index is 9.76. The van der Waals surface area contributed by atoms with Crippen LogP contribution in [-0.2, 0) is 6.54 Å². The summed E-state index contributed by atoms with van der Waals surface area (Å²) >= 11 is 5.85. The fraction of sp³-hybridized carbons (Fsp3) is 0.571. The molecule has 0 unspecified atom stereocenters. The molecule has 0 spiro atoms. The van der Waals surface area contributed by atoms with Crippen LogP contribution >= 0.6 is 11.6 Å². The van der Waals surface area contributed by atoms with Crippen LogP contribution in [0.4, 0.5) is 0 Å². The van der Waals surface area contributed by atoms with Crippen molar-refractivity contribution in [3.63, 3.8) is 0 Å². The molecule has 0 atom stereocenters. The number of rotatable bonds is 4. The summed E-state index contributed by atoms with van der Waals surface area (Å²) in [5, 5.41) is 22.9. The zero-order chi connectivity index (χ0) is 13.0. The zero-order valence-corrected chi connectivity index (χ0v) is 11.2. The molecule has 18 heavy (non-hydrogen) atoms. The highest BCUT2D eigenvalue weighted by Gasteiger charge is 2.18. The van der Waals surface area contributed by atoms with Gasteiger partial charge in [0, 0.05) is 12.1 Å². The number of hydrogen-bond acceptors (Lipinski definition) is 3. The third-order valence-corrected chi connectivity index (χ3v) is 3.94. The van der Waals surface area contributed by atoms with E-state index in [9.17, 15) is 10.2 Å². The van der Waals surface area contributed by atoms with Crippen LogP contribution in [0.2, 0.25) is 5.02 Å². The SMILES string of the molecule is Oc1c(Cl)cccc1CNCC1CCC(O)CC1. The van der Waals surface area contributed by atoms with Crippen molar-refractivity contribution in [3.05, 3.63) is 28.8 Å². The molecule has 1 aliphatic carbocycles. The minimum Gasteiger partial charge on any atom is -0.506 e. The zero-order valence-electron chi connectivity index (χ0n) is 10.4. The minimum absolute atomic E-state index is 0.0989. The third kappa shape index (κ3) is 3.61. The van der Waals surface area contributed by atoms with Crippen LogP contribution < -0.4 is 5.32 Å². The lowest BCUT2D eigenvalue weighted by atomic mass is 9.87. The lowest BCUT2D eigenvalue weighted by molar-refractivity contribution is 0.108. The Hall–Kier alpha value is -0.770. The Morgan fingerprint density at radius 1 is 1.22 bits per heavy atom. The van der Waals surface area contributed by atoms with Gasteiger partial charge in [0.05, 0.1) is 11.1 Å². The standard InChI is InChI=1S/C14H20ClNO2/c15-13-3-1-2-11(14(13)18)9-16-8-10-4-6-12(17)7-5-10/h1-3,10,12,16-18H,4-9H2. The second-order valence-electron chi connectivity index (χ2n) is 5.05. The molecule has 1 saturated carbocycles. The van der Waals surface area contributed by atoms with Crippen molar-refractivity contribution in [2.75, 3.05) is 6.54 Å². The largest absolute Gasteiger partial charge is 0.506 e. The Kier molecular flexibility index (Phi) is 4.87. The molecule has 0 saturated heterocycles. The Morgan fingerprint density at radius 3 is 2.67 bits per heavy atom. The summed E-state index contributed by atoms with van der Waals surface area (Å²) in [6.07, 6.45) is 3.88. The van der Waals surface area contributed by atoms with Gasteiger partial charge in [-0.25, -0.2) is 0 Å².